The van der Waals surface area contributed by atoms with Gasteiger partial charge in [-0.25, -0.2) is 0 Å². The molecule has 0 saturated carbocycles. The molecule has 0 heterocycles. The lowest BCUT2D eigenvalue weighted by Crippen LogP contribution is -2.29. The van der Waals surface area contributed by atoms with E-state index in [4.69, 9.17) is 4.74 Å². The third kappa shape index (κ3) is 4.67. The molecule has 34 heavy (non-hydrogen) atoms. The molecular formula is C33H44O. The van der Waals surface area contributed by atoms with Gasteiger partial charge >= 0.3 is 0 Å². The van der Waals surface area contributed by atoms with Crippen LogP contribution in [0.3, 0.4) is 0 Å². The Morgan fingerprint density at radius 3 is 1.85 bits per heavy atom. The van der Waals surface area contributed by atoms with E-state index in [-0.39, 0.29) is 5.41 Å². The van der Waals surface area contributed by atoms with E-state index in [1.165, 1.54) is 51.8 Å². The van der Waals surface area contributed by atoms with Crippen molar-refractivity contribution >= 4 is 0 Å². The second kappa shape index (κ2) is 10.8. The number of hydrogen-bond donors (Lipinski definition) is 0. The molecule has 1 aliphatic rings. The van der Waals surface area contributed by atoms with E-state index < -0.39 is 0 Å². The van der Waals surface area contributed by atoms with Gasteiger partial charge in [-0.3, -0.25) is 0 Å². The molecule has 0 bridgehead atoms. The van der Waals surface area contributed by atoms with Crippen LogP contribution in [0.1, 0.15) is 90.8 Å². The second-order valence-electron chi connectivity index (χ2n) is 10.7. The van der Waals surface area contributed by atoms with Gasteiger partial charge in [-0.05, 0) is 70.0 Å². The molecule has 0 aromatic heterocycles. The fraction of sp³-hybridized carbons (Fsp3) is 0.455. The quantitative estimate of drug-likeness (QED) is 0.344. The maximum absolute atomic E-state index is 5.95. The molecule has 4 rings (SSSR count). The van der Waals surface area contributed by atoms with Crippen molar-refractivity contribution in [3.63, 3.8) is 0 Å². The Labute approximate surface area is 208 Å². The molecule has 1 nitrogen and oxygen atoms in total. The summed E-state index contributed by atoms with van der Waals surface area (Å²) in [6.45, 7) is 17.9. The van der Waals surface area contributed by atoms with Crippen molar-refractivity contribution in [2.24, 2.45) is 11.8 Å². The van der Waals surface area contributed by atoms with Crippen molar-refractivity contribution in [3.05, 3.63) is 77.4 Å². The third-order valence-electron chi connectivity index (χ3n) is 6.96. The summed E-state index contributed by atoms with van der Waals surface area (Å²) in [6.07, 6.45) is 2.34. The van der Waals surface area contributed by atoms with E-state index in [9.17, 15) is 0 Å². The molecule has 182 valence electrons. The maximum Gasteiger partial charge on any atom is 0.130 e. The molecule has 0 amide bonds. The van der Waals surface area contributed by atoms with Crippen molar-refractivity contribution in [3.8, 4) is 28.0 Å². The van der Waals surface area contributed by atoms with E-state index in [0.717, 1.165) is 5.75 Å². The van der Waals surface area contributed by atoms with Gasteiger partial charge in [0.25, 0.3) is 0 Å². The first-order valence-corrected chi connectivity index (χ1v) is 13.2. The fourth-order valence-electron chi connectivity index (χ4n) is 6.00. The highest BCUT2D eigenvalue weighted by Crippen LogP contribution is 2.55. The molecule has 0 saturated heterocycles. The predicted octanol–water partition coefficient (Wildman–Crippen LogP) is 9.87. The van der Waals surface area contributed by atoms with Crippen molar-refractivity contribution in [1.82, 2.24) is 0 Å². The summed E-state index contributed by atoms with van der Waals surface area (Å²) < 4.78 is 5.95. The summed E-state index contributed by atoms with van der Waals surface area (Å²) >= 11 is 0. The molecule has 0 N–H and O–H groups in total. The summed E-state index contributed by atoms with van der Waals surface area (Å²) in [7, 11) is 1.80. The average Bonchev–Trinajstić information content (AvgIpc) is 3.07. The molecule has 3 aromatic rings. The highest BCUT2D eigenvalue weighted by molar-refractivity contribution is 5.85. The number of methoxy groups -OCH3 is 1. The van der Waals surface area contributed by atoms with Crippen LogP contribution in [-0.2, 0) is 5.41 Å². The summed E-state index contributed by atoms with van der Waals surface area (Å²) in [4.78, 5) is 0. The van der Waals surface area contributed by atoms with Crippen LogP contribution in [0.4, 0.5) is 0 Å². The third-order valence-corrected chi connectivity index (χ3v) is 6.96. The topological polar surface area (TPSA) is 9.23 Å². The van der Waals surface area contributed by atoms with Gasteiger partial charge in [0.2, 0.25) is 0 Å². The van der Waals surface area contributed by atoms with Crippen LogP contribution in [0.15, 0.2) is 60.7 Å². The zero-order valence-corrected chi connectivity index (χ0v) is 22.8. The minimum absolute atomic E-state index is 0.0627. The van der Waals surface area contributed by atoms with E-state index in [1.807, 2.05) is 13.8 Å². The molecule has 0 spiro atoms. The monoisotopic (exact) mass is 456 g/mol. The Kier molecular flexibility index (Phi) is 8.29. The Morgan fingerprint density at radius 1 is 0.676 bits per heavy atom. The second-order valence-corrected chi connectivity index (χ2v) is 10.7. The highest BCUT2D eigenvalue weighted by atomic mass is 16.5. The smallest absolute Gasteiger partial charge is 0.130 e. The van der Waals surface area contributed by atoms with Crippen LogP contribution < -0.4 is 4.74 Å². The Morgan fingerprint density at radius 2 is 1.26 bits per heavy atom. The van der Waals surface area contributed by atoms with Gasteiger partial charge in [0, 0.05) is 11.0 Å². The summed E-state index contributed by atoms with van der Waals surface area (Å²) in [5.41, 5.74) is 9.61. The molecule has 0 atom stereocenters. The molecule has 1 heteroatoms. The van der Waals surface area contributed by atoms with E-state index >= 15 is 0 Å². The molecule has 0 radical (unpaired) electrons. The van der Waals surface area contributed by atoms with Gasteiger partial charge in [-0.2, -0.15) is 0 Å². The number of para-hydroxylation sites is 1. The normalized spacial score (nSPS) is 13.5. The summed E-state index contributed by atoms with van der Waals surface area (Å²) in [5, 5.41) is 0. The molecule has 0 fully saturated rings. The van der Waals surface area contributed by atoms with Gasteiger partial charge < -0.3 is 4.74 Å². The first-order chi connectivity index (χ1) is 16.3. The Balaban J connectivity index is 0.00000158. The number of benzene rings is 3. The van der Waals surface area contributed by atoms with Crippen LogP contribution in [0.2, 0.25) is 0 Å². The van der Waals surface area contributed by atoms with E-state index in [0.29, 0.717) is 17.8 Å². The minimum atomic E-state index is 0.0627. The maximum atomic E-state index is 5.95. The van der Waals surface area contributed by atoms with Gasteiger partial charge in [0.1, 0.15) is 5.75 Å². The van der Waals surface area contributed by atoms with Gasteiger partial charge in [0.15, 0.2) is 0 Å². The van der Waals surface area contributed by atoms with Crippen molar-refractivity contribution in [1.29, 1.82) is 0 Å². The Hall–Kier alpha value is -2.54. The van der Waals surface area contributed by atoms with Gasteiger partial charge in [0.05, 0.1) is 7.11 Å². The fourth-order valence-corrected chi connectivity index (χ4v) is 6.00. The van der Waals surface area contributed by atoms with Crippen molar-refractivity contribution < 1.29 is 4.74 Å². The summed E-state index contributed by atoms with van der Waals surface area (Å²) in [6, 6.07) is 22.8. The number of hydrogen-bond acceptors (Lipinski definition) is 1. The average molecular weight is 457 g/mol. The number of rotatable bonds is 7. The van der Waals surface area contributed by atoms with E-state index in [1.54, 1.807) is 7.11 Å². The molecule has 3 aromatic carbocycles. The molecular weight excluding hydrogens is 412 g/mol. The lowest BCUT2D eigenvalue weighted by Gasteiger charge is -2.36. The largest absolute Gasteiger partial charge is 0.496 e. The van der Waals surface area contributed by atoms with Crippen LogP contribution in [0.5, 0.6) is 5.75 Å². The zero-order valence-electron chi connectivity index (χ0n) is 22.8. The zero-order chi connectivity index (χ0) is 25.0. The lowest BCUT2D eigenvalue weighted by molar-refractivity contribution is 0.337. The van der Waals surface area contributed by atoms with Gasteiger partial charge in [-0.15, -0.1) is 0 Å². The van der Waals surface area contributed by atoms with Crippen LogP contribution in [0.25, 0.3) is 22.3 Å². The molecule has 1 aliphatic carbocycles. The predicted molar refractivity (Wildman–Crippen MR) is 149 cm³/mol. The SMILES string of the molecule is CC.COc1c(-c2ccc3c(c2)C(CC(C)C)(CC(C)C)c2ccccc2-3)cccc1C(C)C. The first kappa shape index (κ1) is 26.1. The highest BCUT2D eigenvalue weighted by Gasteiger charge is 2.43. The van der Waals surface area contributed by atoms with Crippen molar-refractivity contribution in [2.45, 2.75) is 79.6 Å². The first-order valence-electron chi connectivity index (χ1n) is 13.2. The van der Waals surface area contributed by atoms with Crippen LogP contribution in [-0.4, -0.2) is 7.11 Å². The number of ether oxygens (including phenoxy) is 1. The minimum Gasteiger partial charge on any atom is -0.496 e. The van der Waals surface area contributed by atoms with Crippen molar-refractivity contribution in [2.75, 3.05) is 7.11 Å². The van der Waals surface area contributed by atoms with Crippen LogP contribution in [0, 0.1) is 11.8 Å². The number of fused-ring (bicyclic) bond motifs is 3. The Bertz CT molecular complexity index is 1090. The standard InChI is InChI=1S/C31H38O.C2H6/c1-20(2)18-31(19-21(3)4)28-14-9-8-11-26(28)27-16-15-23(17-29(27)31)25-13-10-12-24(22(5)6)30(25)32-7;1-2/h8-17,20-22H,18-19H2,1-7H3;1-2H3. The molecule has 0 unspecified atom stereocenters. The molecule has 0 aliphatic heterocycles. The lowest BCUT2D eigenvalue weighted by atomic mass is 9.67. The summed E-state index contributed by atoms with van der Waals surface area (Å²) in [5.74, 6) is 2.67. The van der Waals surface area contributed by atoms with E-state index in [2.05, 4.69) is 102 Å². The van der Waals surface area contributed by atoms with Crippen LogP contribution >= 0.6 is 0 Å². The van der Waals surface area contributed by atoms with Gasteiger partial charge in [-0.1, -0.05) is 110 Å².